The molecule has 4 heteroatoms. The molecule has 0 saturated heterocycles. The number of fused-ring (bicyclic) bond motifs is 1. The Morgan fingerprint density at radius 3 is 2.12 bits per heavy atom. The van der Waals surface area contributed by atoms with Gasteiger partial charge >= 0.3 is 0 Å². The molecule has 0 saturated carbocycles. The van der Waals surface area contributed by atoms with Crippen molar-refractivity contribution in [1.29, 1.82) is 0 Å². The highest BCUT2D eigenvalue weighted by Crippen LogP contribution is 2.32. The first-order chi connectivity index (χ1) is 7.40. The van der Waals surface area contributed by atoms with E-state index in [0.717, 1.165) is 5.69 Å². The molecule has 1 aromatic rings. The molecule has 0 aromatic carbocycles. The van der Waals surface area contributed by atoms with Gasteiger partial charge in [0.25, 0.3) is 0 Å². The fraction of sp³-hybridized carbons (Fsp3) is 0. The molecule has 2 nitrogen and oxygen atoms in total. The van der Waals surface area contributed by atoms with Crippen LogP contribution in [0.25, 0.3) is 11.1 Å². The first-order valence-electron chi connectivity index (χ1n) is 4.62. The maximum atomic E-state index is 4.97. The van der Waals surface area contributed by atoms with E-state index in [0.29, 0.717) is 0 Å². The van der Waals surface area contributed by atoms with Crippen LogP contribution in [0.5, 0.6) is 0 Å². The molecule has 0 bridgehead atoms. The molecule has 0 unspecified atom stereocenters. The molecule has 1 aromatic heterocycles. The smallest absolute Gasteiger partial charge is 0.0642 e. The first kappa shape index (κ1) is 15.3. The Bertz CT molecular complexity index is 475. The van der Waals surface area contributed by atoms with Crippen LogP contribution in [0, 0.1) is 12.5 Å². The van der Waals surface area contributed by atoms with Crippen LogP contribution in [-0.2, 0) is 0 Å². The van der Waals surface area contributed by atoms with Gasteiger partial charge in [0, 0.05) is 12.2 Å². The van der Waals surface area contributed by atoms with Crippen LogP contribution in [-0.4, -0.2) is 4.98 Å². The molecule has 2 aliphatic rings. The molecule has 0 aliphatic heterocycles. The second kappa shape index (κ2) is 7.56. The molecule has 0 spiro atoms. The number of hydrogen-bond acceptors (Lipinski definition) is 2. The van der Waals surface area contributed by atoms with Gasteiger partial charge in [-0.15, -0.1) is 24.8 Å². The highest BCUT2D eigenvalue weighted by atomic mass is 35.5. The summed E-state index contributed by atoms with van der Waals surface area (Å²) in [6, 6.07) is 14.4. The van der Waals surface area contributed by atoms with Crippen LogP contribution < -0.4 is 5.32 Å². The van der Waals surface area contributed by atoms with Crippen molar-refractivity contribution in [1.82, 2.24) is 4.98 Å². The second-order valence-electron chi connectivity index (χ2n) is 3.09. The maximum Gasteiger partial charge on any atom is 0.0642 e. The molecule has 0 atom stereocenters. The Balaban J connectivity index is 0.000000282. The number of anilines is 1. The van der Waals surface area contributed by atoms with Gasteiger partial charge in [0.2, 0.25) is 0 Å². The minimum atomic E-state index is 0. The van der Waals surface area contributed by atoms with Crippen molar-refractivity contribution in [3.8, 4) is 23.6 Å². The zero-order valence-corrected chi connectivity index (χ0v) is 10.6. The normalized spacial score (nSPS) is 8.18. The molecule has 1 N–H and O–H groups in total. The average Bonchev–Trinajstić information content (AvgIpc) is 2.89. The van der Waals surface area contributed by atoms with Gasteiger partial charge in [0.15, 0.2) is 0 Å². The van der Waals surface area contributed by atoms with Crippen molar-refractivity contribution >= 4 is 30.5 Å². The summed E-state index contributed by atoms with van der Waals surface area (Å²) in [4.78, 5) is 3.85. The van der Waals surface area contributed by atoms with E-state index < -0.39 is 0 Å². The van der Waals surface area contributed by atoms with E-state index in [1.807, 2.05) is 12.1 Å². The lowest BCUT2D eigenvalue weighted by Gasteiger charge is -1.92. The Kier molecular flexibility index (Phi) is 6.81. The predicted octanol–water partition coefficient (Wildman–Crippen LogP) is 3.59. The number of pyridine rings is 1. The van der Waals surface area contributed by atoms with E-state index in [4.69, 9.17) is 6.42 Å². The summed E-state index contributed by atoms with van der Waals surface area (Å²) in [7, 11) is 0. The van der Waals surface area contributed by atoms with Gasteiger partial charge in [0.05, 0.1) is 11.9 Å². The van der Waals surface area contributed by atoms with Crippen molar-refractivity contribution in [3.63, 3.8) is 0 Å². The van der Waals surface area contributed by atoms with Crippen LogP contribution in [0.1, 0.15) is 0 Å². The lowest BCUT2D eigenvalue weighted by Crippen LogP contribution is -1.85. The van der Waals surface area contributed by atoms with Crippen LogP contribution in [0.4, 0.5) is 5.69 Å². The van der Waals surface area contributed by atoms with Crippen molar-refractivity contribution in [2.75, 3.05) is 5.32 Å². The van der Waals surface area contributed by atoms with Gasteiger partial charge in [0.1, 0.15) is 0 Å². The van der Waals surface area contributed by atoms with E-state index in [9.17, 15) is 0 Å². The zero-order chi connectivity index (χ0) is 10.5. The highest BCUT2D eigenvalue weighted by molar-refractivity contribution is 5.85. The number of halogens is 2. The lowest BCUT2D eigenvalue weighted by atomic mass is 10.4. The van der Waals surface area contributed by atoms with E-state index >= 15 is 0 Å². The maximum absolute atomic E-state index is 4.97. The molecule has 17 heavy (non-hydrogen) atoms. The molecule has 0 fully saturated rings. The second-order valence-corrected chi connectivity index (χ2v) is 3.09. The monoisotopic (exact) mass is 266 g/mol. The molecule has 2 aliphatic carbocycles. The van der Waals surface area contributed by atoms with Crippen LogP contribution in [0.2, 0.25) is 0 Å². The van der Waals surface area contributed by atoms with Gasteiger partial charge in [-0.25, -0.2) is 0 Å². The number of aromatic nitrogens is 1. The molecule has 0 amide bonds. The van der Waals surface area contributed by atoms with Gasteiger partial charge in [-0.2, -0.15) is 0 Å². The topological polar surface area (TPSA) is 24.9 Å². The molecular weight excluding hydrogens is 255 g/mol. The fourth-order valence-corrected chi connectivity index (χ4v) is 1.20. The summed E-state index contributed by atoms with van der Waals surface area (Å²) in [5.41, 5.74) is 3.70. The summed E-state index contributed by atoms with van der Waals surface area (Å²) in [6.45, 7) is 0. The van der Waals surface area contributed by atoms with Crippen LogP contribution >= 0.6 is 24.8 Å². The van der Waals surface area contributed by atoms with Gasteiger partial charge < -0.3 is 5.32 Å². The summed E-state index contributed by atoms with van der Waals surface area (Å²) >= 11 is 0. The number of hydrogen-bond donors (Lipinski definition) is 1. The number of terminal acetylenes is 1. The summed E-state index contributed by atoms with van der Waals surface area (Å²) < 4.78 is 0. The molecule has 0 radical (unpaired) electrons. The van der Waals surface area contributed by atoms with E-state index in [1.165, 1.54) is 11.1 Å². The fourth-order valence-electron chi connectivity index (χ4n) is 1.20. The standard InChI is InChI=1S/C7H6N2.C6H4.2ClH/c1-2-9-7-4-3-5-8-6-7;1-2-5-4-6(5)3-1;;/h1,3-6,9H;1-4H;2*1H. The Hall–Kier alpha value is -1.69. The molecule has 1 heterocycles. The Morgan fingerprint density at radius 2 is 1.76 bits per heavy atom. The van der Waals surface area contributed by atoms with Crippen molar-refractivity contribution in [3.05, 3.63) is 48.8 Å². The zero-order valence-electron chi connectivity index (χ0n) is 8.96. The predicted molar refractivity (Wildman–Crippen MR) is 76.6 cm³/mol. The van der Waals surface area contributed by atoms with E-state index in [1.54, 1.807) is 12.4 Å². The first-order valence-corrected chi connectivity index (χ1v) is 4.62. The minimum Gasteiger partial charge on any atom is -0.314 e. The Morgan fingerprint density at radius 1 is 1.06 bits per heavy atom. The van der Waals surface area contributed by atoms with Gasteiger partial charge in [-0.3, -0.25) is 4.98 Å². The largest absolute Gasteiger partial charge is 0.314 e. The molecular formula is C13H12Cl2N2. The average molecular weight is 267 g/mol. The SMILES string of the molecule is C#CNc1cccnc1.Cl.Cl.c1cc2cc-2c1. The molecule has 3 rings (SSSR count). The number of benzene rings is 1. The van der Waals surface area contributed by atoms with Crippen LogP contribution in [0.3, 0.4) is 0 Å². The van der Waals surface area contributed by atoms with Crippen molar-refractivity contribution in [2.45, 2.75) is 0 Å². The summed E-state index contributed by atoms with van der Waals surface area (Å²) in [5.74, 6) is 0. The summed E-state index contributed by atoms with van der Waals surface area (Å²) in [5, 5.41) is 2.67. The lowest BCUT2D eigenvalue weighted by molar-refractivity contribution is 1.33. The summed E-state index contributed by atoms with van der Waals surface area (Å²) in [6.07, 6.45) is 8.33. The third-order valence-electron chi connectivity index (χ3n) is 1.99. The Labute approximate surface area is 113 Å². The van der Waals surface area contributed by atoms with Gasteiger partial charge in [-0.05, 0) is 29.3 Å². The third-order valence-corrected chi connectivity index (χ3v) is 1.99. The van der Waals surface area contributed by atoms with Gasteiger partial charge in [-0.1, -0.05) is 24.6 Å². The number of nitrogens with one attached hydrogen (secondary N) is 1. The third kappa shape index (κ3) is 4.78. The molecule has 88 valence electrons. The number of nitrogens with zero attached hydrogens (tertiary/aromatic N) is 1. The number of rotatable bonds is 1. The van der Waals surface area contributed by atoms with E-state index in [2.05, 4.69) is 40.6 Å². The minimum absolute atomic E-state index is 0. The van der Waals surface area contributed by atoms with E-state index in [-0.39, 0.29) is 24.8 Å². The van der Waals surface area contributed by atoms with Crippen molar-refractivity contribution < 1.29 is 0 Å². The highest BCUT2D eigenvalue weighted by Gasteiger charge is 2.06. The quantitative estimate of drug-likeness (QED) is 0.538. The van der Waals surface area contributed by atoms with Crippen LogP contribution in [0.15, 0.2) is 48.8 Å². The van der Waals surface area contributed by atoms with Crippen molar-refractivity contribution in [2.24, 2.45) is 0 Å².